The largest absolute Gasteiger partial charge is 0.312 e. The minimum absolute atomic E-state index is 0.465. The summed E-state index contributed by atoms with van der Waals surface area (Å²) in [6.07, 6.45) is 4.34. The number of halogens is 1. The molecule has 1 unspecified atom stereocenters. The Balaban J connectivity index is 1.52. The van der Waals surface area contributed by atoms with Crippen molar-refractivity contribution in [1.82, 2.24) is 24.8 Å². The summed E-state index contributed by atoms with van der Waals surface area (Å²) in [4.78, 5) is 7.23. The molecule has 1 N–H and O–H groups in total. The minimum Gasteiger partial charge on any atom is -0.312 e. The Kier molecular flexibility index (Phi) is 6.71. The van der Waals surface area contributed by atoms with E-state index in [0.29, 0.717) is 11.8 Å². The summed E-state index contributed by atoms with van der Waals surface area (Å²) < 4.78 is 2.10. The highest BCUT2D eigenvalue weighted by Gasteiger charge is 2.25. The number of nitrogens with zero attached hydrogens (tertiary/aromatic N) is 4. The summed E-state index contributed by atoms with van der Waals surface area (Å²) in [5.41, 5.74) is 5.87. The van der Waals surface area contributed by atoms with Crippen LogP contribution in [-0.4, -0.2) is 39.1 Å². The molecule has 1 atom stereocenters. The number of rotatable bonds is 7. The number of aromatic nitrogens is 3. The highest BCUT2D eigenvalue weighted by atomic mass is 35.5. The second-order valence-electron chi connectivity index (χ2n) is 8.89. The fourth-order valence-corrected chi connectivity index (χ4v) is 4.53. The topological polar surface area (TPSA) is 45.5 Å². The Bertz CT molecular complexity index is 979. The first kappa shape index (κ1) is 21.3. The van der Waals surface area contributed by atoms with E-state index in [9.17, 15) is 0 Å². The summed E-state index contributed by atoms with van der Waals surface area (Å²) in [5, 5.41) is 9.23. The summed E-state index contributed by atoms with van der Waals surface area (Å²) in [6.45, 7) is 11.5. The van der Waals surface area contributed by atoms with Crippen molar-refractivity contribution in [3.05, 3.63) is 64.1 Å². The zero-order valence-corrected chi connectivity index (χ0v) is 19.0. The molecule has 1 saturated heterocycles. The number of piperidine rings is 1. The smallest absolute Gasteiger partial charge is 0.159 e. The van der Waals surface area contributed by atoms with Crippen LogP contribution in [0, 0.1) is 12.8 Å². The van der Waals surface area contributed by atoms with Gasteiger partial charge in [0.2, 0.25) is 0 Å². The van der Waals surface area contributed by atoms with Crippen LogP contribution in [0.5, 0.6) is 0 Å². The third kappa shape index (κ3) is 4.85. The molecule has 0 bridgehead atoms. The molecule has 1 aliphatic rings. The third-order valence-corrected chi connectivity index (χ3v) is 6.19. The maximum Gasteiger partial charge on any atom is 0.159 e. The first-order valence-electron chi connectivity index (χ1n) is 11.0. The van der Waals surface area contributed by atoms with Crippen molar-refractivity contribution in [3.63, 3.8) is 0 Å². The first-order chi connectivity index (χ1) is 14.5. The molecule has 5 nitrogen and oxygen atoms in total. The molecule has 0 amide bonds. The van der Waals surface area contributed by atoms with Crippen LogP contribution in [0.25, 0.3) is 5.65 Å². The van der Waals surface area contributed by atoms with E-state index in [0.717, 1.165) is 49.1 Å². The zero-order chi connectivity index (χ0) is 21.1. The van der Waals surface area contributed by atoms with E-state index in [4.69, 9.17) is 16.7 Å². The Morgan fingerprint density at radius 2 is 2.00 bits per heavy atom. The van der Waals surface area contributed by atoms with Crippen LogP contribution in [0.2, 0.25) is 5.02 Å². The summed E-state index contributed by atoms with van der Waals surface area (Å²) in [6, 6.07) is 10.4. The molecule has 0 radical (unpaired) electrons. The van der Waals surface area contributed by atoms with Crippen molar-refractivity contribution in [1.29, 1.82) is 0 Å². The predicted octanol–water partition coefficient (Wildman–Crippen LogP) is 4.82. The maximum absolute atomic E-state index is 6.04. The number of nitrogens with one attached hydrogen (secondary N) is 1. The molecule has 3 aromatic rings. The van der Waals surface area contributed by atoms with Crippen LogP contribution >= 0.6 is 11.6 Å². The zero-order valence-electron chi connectivity index (χ0n) is 18.2. The fourth-order valence-electron chi connectivity index (χ4n) is 4.41. The summed E-state index contributed by atoms with van der Waals surface area (Å²) in [7, 11) is 0. The normalized spacial score (nSPS) is 17.8. The molecule has 160 valence electrons. The quantitative estimate of drug-likeness (QED) is 0.589. The highest BCUT2D eigenvalue weighted by Crippen LogP contribution is 2.29. The number of aryl methyl sites for hydroxylation is 1. The van der Waals surface area contributed by atoms with Gasteiger partial charge in [0.15, 0.2) is 5.65 Å². The molecule has 3 heterocycles. The molecular weight excluding hydrogens is 394 g/mol. The van der Waals surface area contributed by atoms with E-state index in [1.54, 1.807) is 0 Å². The molecule has 2 aromatic heterocycles. The van der Waals surface area contributed by atoms with Crippen molar-refractivity contribution < 1.29 is 0 Å². The lowest BCUT2D eigenvalue weighted by Gasteiger charge is -2.33. The Hall–Kier alpha value is -1.95. The standard InChI is InChI=1S/C24H32ClN5/c1-17(2)13-26-14-22-18(3)28-30-23(10-11-27-24(22)30)20-5-4-12-29(16-20)15-19-6-8-21(25)9-7-19/h6-11,17,20,26H,4-5,12-16H2,1-3H3. The van der Waals surface area contributed by atoms with Crippen molar-refractivity contribution in [2.24, 2.45) is 5.92 Å². The van der Waals surface area contributed by atoms with Crippen molar-refractivity contribution >= 4 is 17.2 Å². The van der Waals surface area contributed by atoms with Crippen LogP contribution in [0.3, 0.4) is 0 Å². The average Bonchev–Trinajstić information content (AvgIpc) is 3.05. The Morgan fingerprint density at radius 3 is 2.77 bits per heavy atom. The van der Waals surface area contributed by atoms with E-state index >= 15 is 0 Å². The van der Waals surface area contributed by atoms with Crippen LogP contribution in [-0.2, 0) is 13.1 Å². The van der Waals surface area contributed by atoms with Crippen molar-refractivity contribution in [2.45, 2.75) is 52.6 Å². The molecule has 1 aromatic carbocycles. The number of hydrogen-bond acceptors (Lipinski definition) is 4. The van der Waals surface area contributed by atoms with Gasteiger partial charge in [0.1, 0.15) is 0 Å². The summed E-state index contributed by atoms with van der Waals surface area (Å²) >= 11 is 6.04. The second kappa shape index (κ2) is 9.46. The van der Waals surface area contributed by atoms with E-state index in [1.165, 1.54) is 29.7 Å². The van der Waals surface area contributed by atoms with Gasteiger partial charge < -0.3 is 5.32 Å². The van der Waals surface area contributed by atoms with Gasteiger partial charge in [-0.2, -0.15) is 5.10 Å². The van der Waals surface area contributed by atoms with Gasteiger partial charge in [-0.3, -0.25) is 4.90 Å². The molecule has 1 fully saturated rings. The van der Waals surface area contributed by atoms with Crippen LogP contribution in [0.4, 0.5) is 0 Å². The molecule has 0 aliphatic carbocycles. The maximum atomic E-state index is 6.04. The van der Waals surface area contributed by atoms with E-state index in [1.807, 2.05) is 18.3 Å². The number of hydrogen-bond donors (Lipinski definition) is 1. The van der Waals surface area contributed by atoms with Gasteiger partial charge in [0, 0.05) is 42.3 Å². The van der Waals surface area contributed by atoms with Gasteiger partial charge in [-0.15, -0.1) is 0 Å². The van der Waals surface area contributed by atoms with Gasteiger partial charge in [0.05, 0.1) is 11.4 Å². The molecule has 0 spiro atoms. The molecular formula is C24H32ClN5. The second-order valence-corrected chi connectivity index (χ2v) is 9.33. The van der Waals surface area contributed by atoms with Crippen LogP contribution < -0.4 is 5.32 Å². The number of benzene rings is 1. The van der Waals surface area contributed by atoms with E-state index in [2.05, 4.69) is 58.7 Å². The van der Waals surface area contributed by atoms with Gasteiger partial charge >= 0.3 is 0 Å². The van der Waals surface area contributed by atoms with Crippen LogP contribution in [0.15, 0.2) is 36.5 Å². The SMILES string of the molecule is Cc1nn2c(C3CCCN(Cc4ccc(Cl)cc4)C3)ccnc2c1CNCC(C)C. The summed E-state index contributed by atoms with van der Waals surface area (Å²) in [5.74, 6) is 1.09. The molecule has 6 heteroatoms. The lowest BCUT2D eigenvalue weighted by atomic mass is 9.94. The van der Waals surface area contributed by atoms with E-state index < -0.39 is 0 Å². The number of fused-ring (bicyclic) bond motifs is 1. The monoisotopic (exact) mass is 425 g/mol. The molecule has 30 heavy (non-hydrogen) atoms. The Morgan fingerprint density at radius 1 is 1.20 bits per heavy atom. The fraction of sp³-hybridized carbons (Fsp3) is 0.500. The van der Waals surface area contributed by atoms with Gasteiger partial charge in [-0.05, 0) is 62.5 Å². The first-order valence-corrected chi connectivity index (χ1v) is 11.4. The highest BCUT2D eigenvalue weighted by molar-refractivity contribution is 6.30. The molecule has 0 saturated carbocycles. The van der Waals surface area contributed by atoms with Gasteiger partial charge in [0.25, 0.3) is 0 Å². The number of likely N-dealkylation sites (tertiary alicyclic amines) is 1. The molecule has 1 aliphatic heterocycles. The molecule has 4 rings (SSSR count). The van der Waals surface area contributed by atoms with Crippen molar-refractivity contribution in [3.8, 4) is 0 Å². The minimum atomic E-state index is 0.465. The lowest BCUT2D eigenvalue weighted by molar-refractivity contribution is 0.197. The Labute approximate surface area is 184 Å². The third-order valence-electron chi connectivity index (χ3n) is 5.94. The van der Waals surface area contributed by atoms with Gasteiger partial charge in [-0.1, -0.05) is 37.6 Å². The van der Waals surface area contributed by atoms with Gasteiger partial charge in [-0.25, -0.2) is 9.50 Å². The van der Waals surface area contributed by atoms with E-state index in [-0.39, 0.29) is 0 Å². The van der Waals surface area contributed by atoms with Crippen molar-refractivity contribution in [2.75, 3.05) is 19.6 Å². The lowest BCUT2D eigenvalue weighted by Crippen LogP contribution is -2.34. The predicted molar refractivity (Wildman–Crippen MR) is 123 cm³/mol. The van der Waals surface area contributed by atoms with Crippen LogP contribution in [0.1, 0.15) is 55.1 Å². The average molecular weight is 426 g/mol.